The fraction of sp³-hybridized carbons (Fsp3) is 0.533. The quantitative estimate of drug-likeness (QED) is 0.872. The summed E-state index contributed by atoms with van der Waals surface area (Å²) in [5.41, 5.74) is -0.0909. The van der Waals surface area contributed by atoms with Crippen molar-refractivity contribution in [1.82, 2.24) is 5.32 Å². The molecule has 0 aromatic heterocycles. The maximum Gasteiger partial charge on any atom is 0.254 e. The Bertz CT molecular complexity index is 475. The molecule has 1 aromatic carbocycles. The molecule has 104 valence electrons. The van der Waals surface area contributed by atoms with Crippen LogP contribution in [0.5, 0.6) is 0 Å². The molecule has 0 aliphatic heterocycles. The fourth-order valence-corrected chi connectivity index (χ4v) is 2.71. The molecule has 1 N–H and O–H groups in total. The van der Waals surface area contributed by atoms with Crippen molar-refractivity contribution in [2.75, 3.05) is 0 Å². The summed E-state index contributed by atoms with van der Waals surface area (Å²) in [6.07, 6.45) is 3.15. The predicted octanol–water partition coefficient (Wildman–Crippen LogP) is 3.52. The predicted molar refractivity (Wildman–Crippen MR) is 69.8 cm³/mol. The summed E-state index contributed by atoms with van der Waals surface area (Å²) in [6, 6.07) is 3.10. The third kappa shape index (κ3) is 3.11. The highest BCUT2D eigenvalue weighted by Gasteiger charge is 2.28. The van der Waals surface area contributed by atoms with Gasteiger partial charge in [0.15, 0.2) is 0 Å². The summed E-state index contributed by atoms with van der Waals surface area (Å²) in [6.45, 7) is 4.28. The average Bonchev–Trinajstić information content (AvgIpc) is 2.34. The highest BCUT2D eigenvalue weighted by molar-refractivity contribution is 5.94. The largest absolute Gasteiger partial charge is 0.349 e. The summed E-state index contributed by atoms with van der Waals surface area (Å²) >= 11 is 0. The van der Waals surface area contributed by atoms with Gasteiger partial charge < -0.3 is 5.32 Å². The van der Waals surface area contributed by atoms with E-state index in [0.29, 0.717) is 11.8 Å². The van der Waals surface area contributed by atoms with Crippen molar-refractivity contribution < 1.29 is 13.6 Å². The van der Waals surface area contributed by atoms with Gasteiger partial charge in [-0.05, 0) is 30.4 Å². The number of hydrogen-bond donors (Lipinski definition) is 1. The van der Waals surface area contributed by atoms with E-state index < -0.39 is 17.5 Å². The molecule has 2 nitrogen and oxygen atoms in total. The van der Waals surface area contributed by atoms with Crippen LogP contribution in [-0.4, -0.2) is 11.9 Å². The van der Waals surface area contributed by atoms with Crippen molar-refractivity contribution in [1.29, 1.82) is 0 Å². The molecule has 3 atom stereocenters. The molecule has 1 aromatic rings. The number of carbonyl (C=O) groups excluding carboxylic acids is 1. The van der Waals surface area contributed by atoms with E-state index in [1.807, 2.05) is 0 Å². The monoisotopic (exact) mass is 267 g/mol. The molecule has 0 spiro atoms. The summed E-state index contributed by atoms with van der Waals surface area (Å²) in [4.78, 5) is 12.0. The third-order valence-corrected chi connectivity index (χ3v) is 4.20. The molecular formula is C15H19F2NO. The molecule has 0 radical (unpaired) electrons. The van der Waals surface area contributed by atoms with Crippen LogP contribution in [0, 0.1) is 23.5 Å². The van der Waals surface area contributed by atoms with Crippen molar-refractivity contribution in [3.8, 4) is 0 Å². The van der Waals surface area contributed by atoms with Gasteiger partial charge in [0.2, 0.25) is 0 Å². The lowest BCUT2D eigenvalue weighted by Gasteiger charge is -2.34. The molecule has 0 saturated heterocycles. The van der Waals surface area contributed by atoms with E-state index in [0.717, 1.165) is 25.0 Å². The lowest BCUT2D eigenvalue weighted by Crippen LogP contribution is -2.43. The minimum absolute atomic E-state index is 0.0701. The Kier molecular flexibility index (Phi) is 4.17. The zero-order valence-electron chi connectivity index (χ0n) is 11.2. The van der Waals surface area contributed by atoms with Gasteiger partial charge in [-0.3, -0.25) is 4.79 Å². The maximum absolute atomic E-state index is 13.5. The van der Waals surface area contributed by atoms with Crippen molar-refractivity contribution in [2.45, 2.75) is 39.2 Å². The van der Waals surface area contributed by atoms with Crippen molar-refractivity contribution in [3.63, 3.8) is 0 Å². The average molecular weight is 267 g/mol. The highest BCUT2D eigenvalue weighted by Crippen LogP contribution is 2.29. The van der Waals surface area contributed by atoms with E-state index in [-0.39, 0.29) is 11.6 Å². The molecule has 1 saturated carbocycles. The molecule has 0 unspecified atom stereocenters. The molecule has 0 bridgehead atoms. The zero-order chi connectivity index (χ0) is 14.0. The second kappa shape index (κ2) is 5.68. The van der Waals surface area contributed by atoms with Gasteiger partial charge in [0.1, 0.15) is 11.6 Å². The van der Waals surface area contributed by atoms with Crippen LogP contribution in [0.15, 0.2) is 18.2 Å². The first-order valence-corrected chi connectivity index (χ1v) is 6.75. The summed E-state index contributed by atoms with van der Waals surface area (Å²) in [5, 5.41) is 2.87. The molecule has 2 rings (SSSR count). The van der Waals surface area contributed by atoms with Gasteiger partial charge in [-0.1, -0.05) is 26.7 Å². The first-order valence-electron chi connectivity index (χ1n) is 6.75. The molecule has 1 aliphatic carbocycles. The Morgan fingerprint density at radius 1 is 1.26 bits per heavy atom. The van der Waals surface area contributed by atoms with Gasteiger partial charge in [-0.15, -0.1) is 0 Å². The van der Waals surface area contributed by atoms with Gasteiger partial charge in [0.05, 0.1) is 5.56 Å². The zero-order valence-corrected chi connectivity index (χ0v) is 11.2. The van der Waals surface area contributed by atoms with E-state index in [1.54, 1.807) is 0 Å². The number of hydrogen-bond acceptors (Lipinski definition) is 1. The number of benzene rings is 1. The first-order chi connectivity index (χ1) is 8.99. The van der Waals surface area contributed by atoms with Crippen LogP contribution in [0.25, 0.3) is 0 Å². The third-order valence-electron chi connectivity index (χ3n) is 4.20. The molecule has 1 aliphatic rings. The van der Waals surface area contributed by atoms with E-state index in [2.05, 4.69) is 19.2 Å². The second-order valence-electron chi connectivity index (χ2n) is 5.47. The Hall–Kier alpha value is -1.45. The Morgan fingerprint density at radius 2 is 2.00 bits per heavy atom. The van der Waals surface area contributed by atoms with Crippen molar-refractivity contribution in [2.24, 2.45) is 11.8 Å². The highest BCUT2D eigenvalue weighted by atomic mass is 19.1. The molecular weight excluding hydrogens is 248 g/mol. The normalized spacial score (nSPS) is 27.1. The molecule has 0 heterocycles. The van der Waals surface area contributed by atoms with Crippen molar-refractivity contribution in [3.05, 3.63) is 35.4 Å². The van der Waals surface area contributed by atoms with Crippen LogP contribution in [-0.2, 0) is 0 Å². The number of amides is 1. The van der Waals surface area contributed by atoms with Crippen LogP contribution in [0.1, 0.15) is 43.5 Å². The van der Waals surface area contributed by atoms with Crippen LogP contribution in [0.3, 0.4) is 0 Å². The minimum Gasteiger partial charge on any atom is -0.349 e. The van der Waals surface area contributed by atoms with Crippen LogP contribution in [0.2, 0.25) is 0 Å². The summed E-state index contributed by atoms with van der Waals surface area (Å²) < 4.78 is 26.3. The standard InChI is InChI=1S/C15H19F2NO/c1-9-4-3-5-14(10(9)2)18-15(19)12-7-6-11(16)8-13(12)17/h6-10,14H,3-5H2,1-2H3,(H,18,19)/t9-,10-,14+/m1/s1. The number of rotatable bonds is 2. The molecule has 1 fully saturated rings. The van der Waals surface area contributed by atoms with Gasteiger partial charge in [0, 0.05) is 12.1 Å². The fourth-order valence-electron chi connectivity index (χ4n) is 2.71. The van der Waals surface area contributed by atoms with Gasteiger partial charge >= 0.3 is 0 Å². The minimum atomic E-state index is -0.811. The molecule has 1 amide bonds. The van der Waals surface area contributed by atoms with E-state index in [4.69, 9.17) is 0 Å². The van der Waals surface area contributed by atoms with E-state index >= 15 is 0 Å². The Labute approximate surface area is 112 Å². The van der Waals surface area contributed by atoms with E-state index in [9.17, 15) is 13.6 Å². The van der Waals surface area contributed by atoms with E-state index in [1.165, 1.54) is 12.5 Å². The van der Waals surface area contributed by atoms with Gasteiger partial charge in [-0.25, -0.2) is 8.78 Å². The second-order valence-corrected chi connectivity index (χ2v) is 5.47. The lowest BCUT2D eigenvalue weighted by molar-refractivity contribution is 0.0887. The van der Waals surface area contributed by atoms with Gasteiger partial charge in [-0.2, -0.15) is 0 Å². The number of halogens is 2. The van der Waals surface area contributed by atoms with Crippen molar-refractivity contribution >= 4 is 5.91 Å². The van der Waals surface area contributed by atoms with Crippen LogP contribution < -0.4 is 5.32 Å². The summed E-state index contributed by atoms with van der Waals surface area (Å²) in [7, 11) is 0. The summed E-state index contributed by atoms with van der Waals surface area (Å²) in [5.74, 6) is -1.01. The number of carbonyl (C=O) groups is 1. The maximum atomic E-state index is 13.5. The molecule has 19 heavy (non-hydrogen) atoms. The topological polar surface area (TPSA) is 29.1 Å². The van der Waals surface area contributed by atoms with Gasteiger partial charge in [0.25, 0.3) is 5.91 Å². The molecule has 4 heteroatoms. The Morgan fingerprint density at radius 3 is 2.68 bits per heavy atom. The smallest absolute Gasteiger partial charge is 0.254 e. The Balaban J connectivity index is 2.08. The first kappa shape index (κ1) is 14.0. The SMILES string of the molecule is C[C@@H]1[C@H](C)CCC[C@@H]1NC(=O)c1ccc(F)cc1F. The lowest BCUT2D eigenvalue weighted by atomic mass is 9.78. The van der Waals surface area contributed by atoms with Crippen LogP contribution >= 0.6 is 0 Å². The van der Waals surface area contributed by atoms with Crippen LogP contribution in [0.4, 0.5) is 8.78 Å². The number of nitrogens with one attached hydrogen (secondary N) is 1.